The molecule has 12 aromatic rings. The van der Waals surface area contributed by atoms with Crippen LogP contribution in [0.15, 0.2) is 267 Å². The zero-order chi connectivity index (χ0) is 45.8. The lowest BCUT2D eigenvalue weighted by atomic mass is 9.67. The first-order chi connectivity index (χ1) is 34.2. The molecule has 0 fully saturated rings. The minimum absolute atomic E-state index is 0.561. The molecule has 5 heteroatoms. The predicted molar refractivity (Wildman–Crippen MR) is 286 cm³/mol. The molecule has 0 radical (unpaired) electrons. The van der Waals surface area contributed by atoms with Crippen LogP contribution in [0.2, 0.25) is 0 Å². The van der Waals surface area contributed by atoms with Crippen LogP contribution in [0.25, 0.3) is 61.7 Å². The first-order valence-electron chi connectivity index (χ1n) is 23.6. The van der Waals surface area contributed by atoms with Crippen LogP contribution >= 0.6 is 0 Å². The van der Waals surface area contributed by atoms with E-state index >= 15 is 0 Å². The summed E-state index contributed by atoms with van der Waals surface area (Å²) in [5.74, 6) is 1.78. The smallest absolute Gasteiger partial charge is 0.238 e. The Morgan fingerprint density at radius 1 is 0.319 bits per heavy atom. The highest BCUT2D eigenvalue weighted by molar-refractivity contribution is 7.19. The fraction of sp³-hybridized carbons (Fsp3) is 0.0156. The second-order valence-electron chi connectivity index (χ2n) is 17.9. The standard InChI is InChI=1S/C64H44N4Si/c1-6-23-45(24-7-1)61-65-62(46-25-22-34-52(43-46)69(49-28-10-3-11-29-49,50-30-12-4-13-31-50)51-32-14-5-15-33-51)67-63(66-61)68-59-40-21-18-37-55(59)56-42-41-48(44-60(56)68)64(47-26-8-2-9-27-47)57-38-19-16-35-53(57)54-36-17-20-39-58(54)64/h1-44H. The van der Waals surface area contributed by atoms with E-state index in [0.717, 1.165) is 32.9 Å². The zero-order valence-corrected chi connectivity index (χ0v) is 38.7. The van der Waals surface area contributed by atoms with Gasteiger partial charge in [0.25, 0.3) is 0 Å². The van der Waals surface area contributed by atoms with Gasteiger partial charge in [-0.2, -0.15) is 9.97 Å². The van der Waals surface area contributed by atoms with Crippen LogP contribution in [0.3, 0.4) is 0 Å². The number of aromatic nitrogens is 4. The fourth-order valence-electron chi connectivity index (χ4n) is 11.4. The van der Waals surface area contributed by atoms with E-state index in [1.807, 2.05) is 18.2 Å². The van der Waals surface area contributed by atoms with Crippen molar-refractivity contribution in [3.63, 3.8) is 0 Å². The van der Waals surface area contributed by atoms with Crippen LogP contribution < -0.4 is 20.7 Å². The second-order valence-corrected chi connectivity index (χ2v) is 21.7. The number of fused-ring (bicyclic) bond motifs is 6. The summed E-state index contributed by atoms with van der Waals surface area (Å²) in [6.07, 6.45) is 0. The van der Waals surface area contributed by atoms with E-state index in [1.54, 1.807) is 0 Å². The molecule has 10 aromatic carbocycles. The van der Waals surface area contributed by atoms with Crippen molar-refractivity contribution in [2.75, 3.05) is 0 Å². The van der Waals surface area contributed by atoms with E-state index in [0.29, 0.717) is 17.6 Å². The summed E-state index contributed by atoms with van der Waals surface area (Å²) < 4.78 is 2.26. The average Bonchev–Trinajstić information content (AvgIpc) is 3.93. The van der Waals surface area contributed by atoms with Gasteiger partial charge < -0.3 is 0 Å². The third-order valence-corrected chi connectivity index (χ3v) is 19.1. The summed E-state index contributed by atoms with van der Waals surface area (Å²) in [6.45, 7) is 0. The van der Waals surface area contributed by atoms with Crippen molar-refractivity contribution < 1.29 is 0 Å². The van der Waals surface area contributed by atoms with Gasteiger partial charge in [0.1, 0.15) is 0 Å². The van der Waals surface area contributed by atoms with E-state index in [-0.39, 0.29) is 0 Å². The first-order valence-corrected chi connectivity index (χ1v) is 25.6. The summed E-state index contributed by atoms with van der Waals surface area (Å²) in [6, 6.07) is 96.9. The van der Waals surface area contributed by atoms with Gasteiger partial charge in [-0.05, 0) is 66.3 Å². The lowest BCUT2D eigenvalue weighted by molar-refractivity contribution is 0.769. The molecule has 0 bridgehead atoms. The highest BCUT2D eigenvalue weighted by Gasteiger charge is 2.46. The third-order valence-electron chi connectivity index (χ3n) is 14.3. The van der Waals surface area contributed by atoms with Gasteiger partial charge in [-0.15, -0.1) is 0 Å². The van der Waals surface area contributed by atoms with Crippen molar-refractivity contribution in [1.82, 2.24) is 19.5 Å². The molecule has 2 heterocycles. The minimum atomic E-state index is -2.86. The van der Waals surface area contributed by atoms with E-state index in [4.69, 9.17) is 15.0 Å². The molecule has 1 aliphatic rings. The summed E-state index contributed by atoms with van der Waals surface area (Å²) in [4.78, 5) is 16.3. The molecule has 324 valence electrons. The van der Waals surface area contributed by atoms with Crippen molar-refractivity contribution in [3.05, 3.63) is 289 Å². The Bertz CT molecular complexity index is 3690. The molecule has 0 atom stereocenters. The minimum Gasteiger partial charge on any atom is -0.278 e. The van der Waals surface area contributed by atoms with E-state index < -0.39 is 13.5 Å². The molecule has 4 nitrogen and oxygen atoms in total. The van der Waals surface area contributed by atoms with Gasteiger partial charge in [0, 0.05) is 21.9 Å². The van der Waals surface area contributed by atoms with Gasteiger partial charge in [-0.1, -0.05) is 255 Å². The van der Waals surface area contributed by atoms with Crippen LogP contribution in [0.4, 0.5) is 0 Å². The number of benzene rings is 10. The molecule has 69 heavy (non-hydrogen) atoms. The molecule has 0 amide bonds. The monoisotopic (exact) mass is 896 g/mol. The molecular weight excluding hydrogens is 853 g/mol. The summed E-state index contributed by atoms with van der Waals surface area (Å²) in [5, 5.41) is 7.44. The van der Waals surface area contributed by atoms with Crippen LogP contribution in [-0.4, -0.2) is 27.6 Å². The van der Waals surface area contributed by atoms with Gasteiger partial charge >= 0.3 is 0 Å². The van der Waals surface area contributed by atoms with Gasteiger partial charge in [0.15, 0.2) is 19.7 Å². The summed E-state index contributed by atoms with van der Waals surface area (Å²) >= 11 is 0. The number of hydrogen-bond donors (Lipinski definition) is 0. The highest BCUT2D eigenvalue weighted by Crippen LogP contribution is 2.56. The predicted octanol–water partition coefficient (Wildman–Crippen LogP) is 12.0. The summed E-state index contributed by atoms with van der Waals surface area (Å²) in [5.41, 5.74) is 10.8. The fourth-order valence-corrected chi connectivity index (χ4v) is 16.2. The Hall–Kier alpha value is -8.77. The Labute approximate surface area is 402 Å². The number of para-hydroxylation sites is 1. The molecule has 0 spiro atoms. The highest BCUT2D eigenvalue weighted by atomic mass is 28.3. The van der Waals surface area contributed by atoms with E-state index in [1.165, 1.54) is 54.1 Å². The van der Waals surface area contributed by atoms with Crippen molar-refractivity contribution in [2.24, 2.45) is 0 Å². The van der Waals surface area contributed by atoms with Crippen molar-refractivity contribution >= 4 is 50.6 Å². The topological polar surface area (TPSA) is 43.6 Å². The largest absolute Gasteiger partial charge is 0.278 e. The Morgan fingerprint density at radius 3 is 1.39 bits per heavy atom. The number of hydrogen-bond acceptors (Lipinski definition) is 3. The Morgan fingerprint density at radius 2 is 0.783 bits per heavy atom. The summed E-state index contributed by atoms with van der Waals surface area (Å²) in [7, 11) is -2.86. The van der Waals surface area contributed by atoms with Gasteiger partial charge in [0.2, 0.25) is 5.95 Å². The number of rotatable bonds is 9. The van der Waals surface area contributed by atoms with E-state index in [9.17, 15) is 0 Å². The Kier molecular flexibility index (Phi) is 9.70. The maximum absolute atomic E-state index is 5.54. The molecule has 0 saturated carbocycles. The lowest BCUT2D eigenvalue weighted by Gasteiger charge is -2.34. The SMILES string of the molecule is c1ccc(-c2nc(-c3cccc([Si](c4ccccc4)(c4ccccc4)c4ccccc4)c3)nc(-n3c4ccccc4c4ccc(C5(c6ccccc6)c6ccccc6-c6ccccc65)cc43)n2)cc1. The lowest BCUT2D eigenvalue weighted by Crippen LogP contribution is -2.74. The molecule has 2 aromatic heterocycles. The molecule has 1 aliphatic carbocycles. The first kappa shape index (κ1) is 40.5. The quantitative estimate of drug-likeness (QED) is 0.107. The molecule has 0 saturated heterocycles. The van der Waals surface area contributed by atoms with E-state index in [2.05, 4.69) is 253 Å². The maximum Gasteiger partial charge on any atom is 0.238 e. The van der Waals surface area contributed by atoms with Gasteiger partial charge in [-0.3, -0.25) is 4.57 Å². The van der Waals surface area contributed by atoms with Crippen molar-refractivity contribution in [3.8, 4) is 39.9 Å². The molecule has 0 unspecified atom stereocenters. The van der Waals surface area contributed by atoms with Gasteiger partial charge in [-0.25, -0.2) is 4.98 Å². The normalized spacial score (nSPS) is 12.8. The average molecular weight is 897 g/mol. The second kappa shape index (κ2) is 16.5. The molecule has 0 aliphatic heterocycles. The van der Waals surface area contributed by atoms with Crippen molar-refractivity contribution in [2.45, 2.75) is 5.41 Å². The molecular formula is C64H44N4Si. The Balaban J connectivity index is 1.08. The number of nitrogens with zero attached hydrogens (tertiary/aromatic N) is 4. The molecule has 0 N–H and O–H groups in total. The van der Waals surface area contributed by atoms with Crippen LogP contribution in [0.5, 0.6) is 0 Å². The maximum atomic E-state index is 5.54. The third kappa shape index (κ3) is 6.32. The van der Waals surface area contributed by atoms with Crippen molar-refractivity contribution in [1.29, 1.82) is 0 Å². The van der Waals surface area contributed by atoms with Crippen LogP contribution in [-0.2, 0) is 5.41 Å². The zero-order valence-electron chi connectivity index (χ0n) is 37.7. The van der Waals surface area contributed by atoms with Crippen LogP contribution in [0.1, 0.15) is 22.3 Å². The van der Waals surface area contributed by atoms with Gasteiger partial charge in [0.05, 0.1) is 16.4 Å². The van der Waals surface area contributed by atoms with Crippen LogP contribution in [0, 0.1) is 0 Å². The molecule has 13 rings (SSSR count).